The van der Waals surface area contributed by atoms with E-state index in [1.807, 2.05) is 18.2 Å². The number of benzene rings is 1. The Morgan fingerprint density at radius 3 is 2.58 bits per heavy atom. The molecule has 0 bridgehead atoms. The highest BCUT2D eigenvalue weighted by molar-refractivity contribution is 6.18. The maximum atomic E-state index is 5.97. The summed E-state index contributed by atoms with van der Waals surface area (Å²) >= 11 is 5.97. The molecule has 3 nitrogen and oxygen atoms in total. The van der Waals surface area contributed by atoms with Gasteiger partial charge in [0.2, 0.25) is 0 Å². The molecule has 0 spiro atoms. The molecule has 4 heteroatoms. The number of rotatable bonds is 6. The van der Waals surface area contributed by atoms with Crippen molar-refractivity contribution in [2.45, 2.75) is 32.7 Å². The SMILES string of the molecule is CCC(CC)N(CCCl)c1ncnc2ccccc12. The van der Waals surface area contributed by atoms with Crippen molar-refractivity contribution < 1.29 is 0 Å². The first-order valence-electron chi connectivity index (χ1n) is 6.84. The molecule has 0 unspecified atom stereocenters. The van der Waals surface area contributed by atoms with Crippen LogP contribution in [-0.2, 0) is 0 Å². The van der Waals surface area contributed by atoms with Crippen LogP contribution in [0.25, 0.3) is 10.9 Å². The van der Waals surface area contributed by atoms with Crippen molar-refractivity contribution in [3.8, 4) is 0 Å². The molecule has 0 aliphatic heterocycles. The molecule has 0 saturated heterocycles. The minimum absolute atomic E-state index is 0.469. The Morgan fingerprint density at radius 1 is 1.16 bits per heavy atom. The third-order valence-electron chi connectivity index (χ3n) is 3.50. The highest BCUT2D eigenvalue weighted by Gasteiger charge is 2.18. The number of aromatic nitrogens is 2. The summed E-state index contributed by atoms with van der Waals surface area (Å²) in [6.45, 7) is 5.23. The summed E-state index contributed by atoms with van der Waals surface area (Å²) in [7, 11) is 0. The molecule has 2 rings (SSSR count). The Hall–Kier alpha value is -1.35. The van der Waals surface area contributed by atoms with E-state index in [-0.39, 0.29) is 0 Å². The zero-order valence-corrected chi connectivity index (χ0v) is 12.3. The Morgan fingerprint density at radius 2 is 1.89 bits per heavy atom. The summed E-state index contributed by atoms with van der Waals surface area (Å²) in [5.41, 5.74) is 0.984. The van der Waals surface area contributed by atoms with Crippen molar-refractivity contribution in [2.75, 3.05) is 17.3 Å². The minimum atomic E-state index is 0.469. The van der Waals surface area contributed by atoms with Crippen LogP contribution in [0.2, 0.25) is 0 Å². The van der Waals surface area contributed by atoms with Crippen LogP contribution in [-0.4, -0.2) is 28.4 Å². The Kier molecular flexibility index (Phi) is 4.97. The predicted octanol–water partition coefficient (Wildman–Crippen LogP) is 3.86. The van der Waals surface area contributed by atoms with E-state index in [0.717, 1.165) is 36.1 Å². The second-order valence-electron chi connectivity index (χ2n) is 4.57. The van der Waals surface area contributed by atoms with Crippen molar-refractivity contribution in [1.29, 1.82) is 0 Å². The molecule has 102 valence electrons. The molecular formula is C15H20ClN3. The maximum Gasteiger partial charge on any atom is 0.140 e. The fourth-order valence-corrected chi connectivity index (χ4v) is 2.68. The van der Waals surface area contributed by atoms with Crippen LogP contribution in [0.3, 0.4) is 0 Å². The Labute approximate surface area is 119 Å². The quantitative estimate of drug-likeness (QED) is 0.751. The predicted molar refractivity (Wildman–Crippen MR) is 82.0 cm³/mol. The second-order valence-corrected chi connectivity index (χ2v) is 4.95. The molecule has 1 aromatic heterocycles. The van der Waals surface area contributed by atoms with Crippen LogP contribution in [0, 0.1) is 0 Å². The summed E-state index contributed by atoms with van der Waals surface area (Å²) in [4.78, 5) is 11.1. The third kappa shape index (κ3) is 2.98. The van der Waals surface area contributed by atoms with Gasteiger partial charge in [0.25, 0.3) is 0 Å². The van der Waals surface area contributed by atoms with E-state index in [1.165, 1.54) is 0 Å². The van der Waals surface area contributed by atoms with Crippen LogP contribution < -0.4 is 4.90 Å². The second kappa shape index (κ2) is 6.71. The summed E-state index contributed by atoms with van der Waals surface area (Å²) in [5.74, 6) is 1.61. The molecule has 0 saturated carbocycles. The van der Waals surface area contributed by atoms with Gasteiger partial charge in [0, 0.05) is 23.9 Å². The van der Waals surface area contributed by atoms with E-state index in [4.69, 9.17) is 11.6 Å². The van der Waals surface area contributed by atoms with Gasteiger partial charge in [-0.05, 0) is 25.0 Å². The van der Waals surface area contributed by atoms with Crippen LogP contribution >= 0.6 is 11.6 Å². The summed E-state index contributed by atoms with van der Waals surface area (Å²) in [6.07, 6.45) is 3.82. The van der Waals surface area contributed by atoms with Gasteiger partial charge in [0.1, 0.15) is 12.1 Å². The summed E-state index contributed by atoms with van der Waals surface area (Å²) in [5, 5.41) is 1.10. The standard InChI is InChI=1S/C15H20ClN3/c1-3-12(4-2)19(10-9-16)15-13-7-5-6-8-14(13)17-11-18-15/h5-8,11-12H,3-4,9-10H2,1-2H3. The highest BCUT2D eigenvalue weighted by Crippen LogP contribution is 2.25. The number of para-hydroxylation sites is 1. The van der Waals surface area contributed by atoms with E-state index in [0.29, 0.717) is 11.9 Å². The van der Waals surface area contributed by atoms with Gasteiger partial charge in [-0.2, -0.15) is 0 Å². The first kappa shape index (κ1) is 14.1. The van der Waals surface area contributed by atoms with Gasteiger partial charge in [0.15, 0.2) is 0 Å². The van der Waals surface area contributed by atoms with Crippen molar-refractivity contribution >= 4 is 28.3 Å². The highest BCUT2D eigenvalue weighted by atomic mass is 35.5. The van der Waals surface area contributed by atoms with Gasteiger partial charge in [-0.15, -0.1) is 11.6 Å². The third-order valence-corrected chi connectivity index (χ3v) is 3.67. The number of halogens is 1. The van der Waals surface area contributed by atoms with Gasteiger partial charge in [-0.25, -0.2) is 9.97 Å². The van der Waals surface area contributed by atoms with Crippen LogP contribution in [0.4, 0.5) is 5.82 Å². The average Bonchev–Trinajstić information content (AvgIpc) is 2.47. The van der Waals surface area contributed by atoms with Gasteiger partial charge in [-0.1, -0.05) is 26.0 Å². The molecule has 0 atom stereocenters. The van der Waals surface area contributed by atoms with Gasteiger partial charge in [0.05, 0.1) is 5.52 Å². The van der Waals surface area contributed by atoms with Gasteiger partial charge < -0.3 is 4.90 Å². The topological polar surface area (TPSA) is 29.0 Å². The number of alkyl halides is 1. The number of fused-ring (bicyclic) bond motifs is 1. The molecule has 0 radical (unpaired) electrons. The summed E-state index contributed by atoms with van der Waals surface area (Å²) < 4.78 is 0. The van der Waals surface area contributed by atoms with Crippen molar-refractivity contribution in [1.82, 2.24) is 9.97 Å². The lowest BCUT2D eigenvalue weighted by molar-refractivity contribution is 0.564. The first-order chi connectivity index (χ1) is 9.31. The van der Waals surface area contributed by atoms with Crippen molar-refractivity contribution in [3.63, 3.8) is 0 Å². The minimum Gasteiger partial charge on any atom is -0.352 e. The lowest BCUT2D eigenvalue weighted by Crippen LogP contribution is -2.36. The fourth-order valence-electron chi connectivity index (χ4n) is 2.50. The largest absolute Gasteiger partial charge is 0.352 e. The molecule has 2 aromatic rings. The molecule has 1 heterocycles. The molecule has 0 fully saturated rings. The van der Waals surface area contributed by atoms with Crippen molar-refractivity contribution in [3.05, 3.63) is 30.6 Å². The average molecular weight is 278 g/mol. The van der Waals surface area contributed by atoms with Crippen LogP contribution in [0.5, 0.6) is 0 Å². The van der Waals surface area contributed by atoms with E-state index >= 15 is 0 Å². The van der Waals surface area contributed by atoms with E-state index in [1.54, 1.807) is 6.33 Å². The van der Waals surface area contributed by atoms with Gasteiger partial charge >= 0.3 is 0 Å². The zero-order valence-electron chi connectivity index (χ0n) is 11.5. The number of nitrogens with zero attached hydrogens (tertiary/aromatic N) is 3. The van der Waals surface area contributed by atoms with E-state index < -0.39 is 0 Å². The molecular weight excluding hydrogens is 258 g/mol. The monoisotopic (exact) mass is 277 g/mol. The van der Waals surface area contributed by atoms with Crippen LogP contribution in [0.1, 0.15) is 26.7 Å². The molecule has 1 aromatic carbocycles. The lowest BCUT2D eigenvalue weighted by atomic mass is 10.1. The number of anilines is 1. The van der Waals surface area contributed by atoms with E-state index in [9.17, 15) is 0 Å². The zero-order chi connectivity index (χ0) is 13.7. The molecule has 0 aliphatic rings. The number of hydrogen-bond donors (Lipinski definition) is 0. The first-order valence-corrected chi connectivity index (χ1v) is 7.37. The number of hydrogen-bond acceptors (Lipinski definition) is 3. The Balaban J connectivity index is 2.49. The fraction of sp³-hybridized carbons (Fsp3) is 0.467. The molecule has 19 heavy (non-hydrogen) atoms. The van der Waals surface area contributed by atoms with Crippen LogP contribution in [0.15, 0.2) is 30.6 Å². The smallest absolute Gasteiger partial charge is 0.140 e. The Bertz CT molecular complexity index is 520. The van der Waals surface area contributed by atoms with Crippen molar-refractivity contribution in [2.24, 2.45) is 0 Å². The lowest BCUT2D eigenvalue weighted by Gasteiger charge is -2.31. The molecule has 0 aliphatic carbocycles. The normalized spacial score (nSPS) is 11.2. The molecule has 0 amide bonds. The maximum absolute atomic E-state index is 5.97. The van der Waals surface area contributed by atoms with E-state index in [2.05, 4.69) is 34.8 Å². The summed E-state index contributed by atoms with van der Waals surface area (Å²) in [6, 6.07) is 8.60. The molecule has 0 N–H and O–H groups in total. The van der Waals surface area contributed by atoms with Gasteiger partial charge in [-0.3, -0.25) is 0 Å².